The molecule has 0 radical (unpaired) electrons. The summed E-state index contributed by atoms with van der Waals surface area (Å²) in [4.78, 5) is 0. The summed E-state index contributed by atoms with van der Waals surface area (Å²) in [5, 5.41) is 16.4. The van der Waals surface area contributed by atoms with Gasteiger partial charge in [0, 0.05) is 44.3 Å². The van der Waals surface area contributed by atoms with Crippen LogP contribution in [-0.4, -0.2) is 44.6 Å². The number of benzene rings is 1. The highest BCUT2D eigenvalue weighted by molar-refractivity contribution is 5.36. The maximum atomic E-state index is 9.76. The van der Waals surface area contributed by atoms with Gasteiger partial charge in [-0.3, -0.25) is 0 Å². The van der Waals surface area contributed by atoms with Gasteiger partial charge in [-0.25, -0.2) is 0 Å². The van der Waals surface area contributed by atoms with Crippen molar-refractivity contribution >= 4 is 0 Å². The van der Waals surface area contributed by atoms with Crippen molar-refractivity contribution in [2.24, 2.45) is 5.92 Å². The van der Waals surface area contributed by atoms with Crippen LogP contribution in [-0.2, 0) is 17.9 Å². The normalized spacial score (nSPS) is 21.7. The summed E-state index contributed by atoms with van der Waals surface area (Å²) >= 11 is 0. The first-order chi connectivity index (χ1) is 10.2. The lowest BCUT2D eigenvalue weighted by atomic mass is 10.1. The number of aliphatic hydroxyl groups is 1. The molecule has 1 aliphatic rings. The van der Waals surface area contributed by atoms with Crippen LogP contribution >= 0.6 is 0 Å². The van der Waals surface area contributed by atoms with Crippen LogP contribution in [0.4, 0.5) is 0 Å². The number of rotatable bonds is 8. The molecule has 21 heavy (non-hydrogen) atoms. The molecule has 1 saturated heterocycles. The van der Waals surface area contributed by atoms with E-state index in [-0.39, 0.29) is 6.10 Å². The molecule has 2 unspecified atom stereocenters. The summed E-state index contributed by atoms with van der Waals surface area (Å²) in [7, 11) is 1.68. The molecule has 5 nitrogen and oxygen atoms in total. The minimum Gasteiger partial charge on any atom is -0.496 e. The van der Waals surface area contributed by atoms with E-state index >= 15 is 0 Å². The highest BCUT2D eigenvalue weighted by Crippen LogP contribution is 2.21. The lowest BCUT2D eigenvalue weighted by Gasteiger charge is -2.15. The van der Waals surface area contributed by atoms with Crippen molar-refractivity contribution in [1.29, 1.82) is 0 Å². The monoisotopic (exact) mass is 294 g/mol. The Morgan fingerprint density at radius 2 is 2.24 bits per heavy atom. The van der Waals surface area contributed by atoms with Crippen LogP contribution in [0.25, 0.3) is 0 Å². The Hall–Kier alpha value is -1.14. The molecule has 1 heterocycles. The maximum Gasteiger partial charge on any atom is 0.124 e. The Morgan fingerprint density at radius 3 is 2.90 bits per heavy atom. The predicted octanol–water partition coefficient (Wildman–Crippen LogP) is 0.902. The van der Waals surface area contributed by atoms with Crippen LogP contribution in [0, 0.1) is 5.92 Å². The molecule has 0 saturated carbocycles. The summed E-state index contributed by atoms with van der Waals surface area (Å²) in [6.45, 7) is 6.43. The fourth-order valence-electron chi connectivity index (χ4n) is 2.60. The zero-order valence-electron chi connectivity index (χ0n) is 12.9. The van der Waals surface area contributed by atoms with Crippen molar-refractivity contribution in [3.8, 4) is 5.75 Å². The molecule has 2 atom stereocenters. The van der Waals surface area contributed by atoms with Crippen molar-refractivity contribution in [2.45, 2.75) is 26.2 Å². The van der Waals surface area contributed by atoms with Gasteiger partial charge in [-0.1, -0.05) is 6.07 Å². The molecule has 3 N–H and O–H groups in total. The summed E-state index contributed by atoms with van der Waals surface area (Å²) in [5.41, 5.74) is 2.27. The highest BCUT2D eigenvalue weighted by atomic mass is 16.5. The van der Waals surface area contributed by atoms with Gasteiger partial charge in [-0.05, 0) is 24.6 Å². The van der Waals surface area contributed by atoms with E-state index in [2.05, 4.69) is 22.8 Å². The Kier molecular flexibility index (Phi) is 6.45. The molecule has 1 aromatic carbocycles. The fourth-order valence-corrected chi connectivity index (χ4v) is 2.60. The minimum absolute atomic E-state index is 0.234. The van der Waals surface area contributed by atoms with Gasteiger partial charge in [-0.15, -0.1) is 0 Å². The third kappa shape index (κ3) is 4.68. The number of nitrogens with one attached hydrogen (secondary N) is 2. The fraction of sp³-hybridized carbons (Fsp3) is 0.625. The molecule has 0 aromatic heterocycles. The van der Waals surface area contributed by atoms with E-state index in [9.17, 15) is 5.11 Å². The molecule has 0 aliphatic carbocycles. The summed E-state index contributed by atoms with van der Waals surface area (Å²) < 4.78 is 10.8. The molecule has 5 heteroatoms. The predicted molar refractivity (Wildman–Crippen MR) is 82.4 cm³/mol. The summed E-state index contributed by atoms with van der Waals surface area (Å²) in [6.07, 6.45) is -0.234. The van der Waals surface area contributed by atoms with Crippen molar-refractivity contribution in [1.82, 2.24) is 10.6 Å². The Bertz CT molecular complexity index is 440. The molecule has 118 valence electrons. The zero-order valence-corrected chi connectivity index (χ0v) is 12.9. The number of methoxy groups -OCH3 is 1. The first kappa shape index (κ1) is 16.2. The highest BCUT2D eigenvalue weighted by Gasteiger charge is 2.23. The van der Waals surface area contributed by atoms with Crippen molar-refractivity contribution in [3.63, 3.8) is 0 Å². The van der Waals surface area contributed by atoms with Gasteiger partial charge in [0.2, 0.25) is 0 Å². The van der Waals surface area contributed by atoms with Crippen LogP contribution in [0.1, 0.15) is 18.1 Å². The van der Waals surface area contributed by atoms with Crippen LogP contribution in [0.15, 0.2) is 18.2 Å². The molecule has 1 aromatic rings. The average molecular weight is 294 g/mol. The van der Waals surface area contributed by atoms with E-state index in [1.165, 1.54) is 5.56 Å². The molecular formula is C16H26N2O3. The van der Waals surface area contributed by atoms with E-state index in [1.807, 2.05) is 13.0 Å². The average Bonchev–Trinajstić information content (AvgIpc) is 2.91. The molecule has 1 fully saturated rings. The second-order valence-electron chi connectivity index (χ2n) is 5.40. The van der Waals surface area contributed by atoms with Gasteiger partial charge in [0.1, 0.15) is 5.75 Å². The topological polar surface area (TPSA) is 62.8 Å². The van der Waals surface area contributed by atoms with Gasteiger partial charge in [0.25, 0.3) is 0 Å². The number of hydrogen-bond acceptors (Lipinski definition) is 5. The molecule has 1 aliphatic heterocycles. The van der Waals surface area contributed by atoms with E-state index in [1.54, 1.807) is 7.11 Å². The van der Waals surface area contributed by atoms with E-state index in [0.717, 1.165) is 30.9 Å². The van der Waals surface area contributed by atoms with Gasteiger partial charge < -0.3 is 25.2 Å². The third-order valence-corrected chi connectivity index (χ3v) is 3.85. The molecular weight excluding hydrogens is 268 g/mol. The van der Waals surface area contributed by atoms with Crippen LogP contribution in [0.5, 0.6) is 5.75 Å². The lowest BCUT2D eigenvalue weighted by Crippen LogP contribution is -2.30. The summed E-state index contributed by atoms with van der Waals surface area (Å²) in [5.74, 6) is 1.16. The van der Waals surface area contributed by atoms with Crippen LogP contribution < -0.4 is 15.4 Å². The Balaban J connectivity index is 1.87. The van der Waals surface area contributed by atoms with Crippen LogP contribution in [0.3, 0.4) is 0 Å². The van der Waals surface area contributed by atoms with Gasteiger partial charge in [0.15, 0.2) is 0 Å². The second kappa shape index (κ2) is 8.34. The first-order valence-corrected chi connectivity index (χ1v) is 7.57. The molecule has 2 rings (SSSR count). The van der Waals surface area contributed by atoms with E-state index in [4.69, 9.17) is 9.47 Å². The number of hydrogen-bond donors (Lipinski definition) is 3. The lowest BCUT2D eigenvalue weighted by molar-refractivity contribution is 0.132. The standard InChI is InChI=1S/C16H26N2O3/c1-3-21-11-13-6-12(4-5-16(13)20-2)7-17-8-14-9-18-10-15(14)19/h4-6,14-15,17-19H,3,7-11H2,1-2H3. The third-order valence-electron chi connectivity index (χ3n) is 3.85. The van der Waals surface area contributed by atoms with Crippen molar-refractivity contribution in [2.75, 3.05) is 33.4 Å². The number of ether oxygens (including phenoxy) is 2. The van der Waals surface area contributed by atoms with Crippen LogP contribution in [0.2, 0.25) is 0 Å². The molecule has 0 amide bonds. The SMILES string of the molecule is CCOCc1cc(CNCC2CNCC2O)ccc1OC. The maximum absolute atomic E-state index is 9.76. The first-order valence-electron chi connectivity index (χ1n) is 7.57. The largest absolute Gasteiger partial charge is 0.496 e. The second-order valence-corrected chi connectivity index (χ2v) is 5.40. The van der Waals surface area contributed by atoms with E-state index < -0.39 is 0 Å². The smallest absolute Gasteiger partial charge is 0.124 e. The Labute approximate surface area is 126 Å². The quantitative estimate of drug-likeness (QED) is 0.665. The van der Waals surface area contributed by atoms with Crippen molar-refractivity contribution < 1.29 is 14.6 Å². The zero-order chi connectivity index (χ0) is 15.1. The van der Waals surface area contributed by atoms with E-state index in [0.29, 0.717) is 25.7 Å². The Morgan fingerprint density at radius 1 is 1.38 bits per heavy atom. The van der Waals surface area contributed by atoms with Gasteiger partial charge in [-0.2, -0.15) is 0 Å². The minimum atomic E-state index is -0.234. The van der Waals surface area contributed by atoms with Gasteiger partial charge >= 0.3 is 0 Å². The number of aliphatic hydroxyl groups excluding tert-OH is 1. The molecule has 0 spiro atoms. The molecule has 0 bridgehead atoms. The van der Waals surface area contributed by atoms with Gasteiger partial charge in [0.05, 0.1) is 19.8 Å². The summed E-state index contributed by atoms with van der Waals surface area (Å²) in [6, 6.07) is 6.16. The van der Waals surface area contributed by atoms with Crippen molar-refractivity contribution in [3.05, 3.63) is 29.3 Å². The number of β-amino-alcohol motifs (C(OH)–C–C–N with tert-alkyl or cyclic N) is 1.